The number of aryl methyl sites for hydroxylation is 1. The molecule has 2 heterocycles. The van der Waals surface area contributed by atoms with E-state index < -0.39 is 11.4 Å². The zero-order valence-electron chi connectivity index (χ0n) is 15.3. The summed E-state index contributed by atoms with van der Waals surface area (Å²) < 4.78 is 8.30. The molecule has 2 aromatic heterocycles. The number of rotatable bonds is 3. The van der Waals surface area contributed by atoms with Crippen LogP contribution in [0.25, 0.3) is 11.0 Å². The highest BCUT2D eigenvalue weighted by Gasteiger charge is 2.08. The Bertz CT molecular complexity index is 1360. The van der Waals surface area contributed by atoms with Crippen molar-refractivity contribution in [1.82, 2.24) is 14.1 Å². The van der Waals surface area contributed by atoms with Gasteiger partial charge in [-0.3, -0.25) is 14.1 Å². The van der Waals surface area contributed by atoms with Gasteiger partial charge in [0.2, 0.25) is 5.62 Å². The first-order valence-corrected chi connectivity index (χ1v) is 8.98. The van der Waals surface area contributed by atoms with Crippen LogP contribution in [-0.2, 0) is 13.6 Å². The first kappa shape index (κ1) is 18.1. The van der Waals surface area contributed by atoms with Crippen LogP contribution in [0.1, 0.15) is 11.3 Å². The van der Waals surface area contributed by atoms with Crippen molar-refractivity contribution >= 4 is 28.3 Å². The Kier molecular flexibility index (Phi) is 4.52. The maximum Gasteiger partial charge on any atom is 0.332 e. The van der Waals surface area contributed by atoms with E-state index in [1.165, 1.54) is 9.13 Å². The maximum atomic E-state index is 12.5. The Balaban J connectivity index is 1.90. The maximum absolute atomic E-state index is 12.5. The van der Waals surface area contributed by atoms with Crippen LogP contribution in [0.15, 0.2) is 67.5 Å². The Labute approximate surface area is 164 Å². The summed E-state index contributed by atoms with van der Waals surface area (Å²) in [7, 11) is 1.57. The predicted molar refractivity (Wildman–Crippen MR) is 107 cm³/mol. The molecule has 0 spiro atoms. The van der Waals surface area contributed by atoms with Crippen molar-refractivity contribution in [2.45, 2.75) is 13.5 Å². The third-order valence-electron chi connectivity index (χ3n) is 4.41. The fourth-order valence-electron chi connectivity index (χ4n) is 3.00. The van der Waals surface area contributed by atoms with Gasteiger partial charge in [-0.05, 0) is 48.9 Å². The van der Waals surface area contributed by atoms with Gasteiger partial charge < -0.3 is 4.42 Å². The van der Waals surface area contributed by atoms with E-state index >= 15 is 0 Å². The van der Waals surface area contributed by atoms with Gasteiger partial charge in [0.1, 0.15) is 11.3 Å². The number of nitrogens with one attached hydrogen (secondary N) is 1. The van der Waals surface area contributed by atoms with Gasteiger partial charge in [-0.2, -0.15) is 0 Å². The minimum atomic E-state index is -0.531. The van der Waals surface area contributed by atoms with Gasteiger partial charge in [-0.1, -0.05) is 23.7 Å². The molecule has 4 aromatic rings. The summed E-state index contributed by atoms with van der Waals surface area (Å²) in [4.78, 5) is 31.5. The summed E-state index contributed by atoms with van der Waals surface area (Å²) >= 11 is 5.93. The highest BCUT2D eigenvalue weighted by molar-refractivity contribution is 6.30. The molecule has 8 heteroatoms. The standard InChI is InChI=1S/C20H17ClN4O3/c1-12-9-14-10-16(7-8-17(14)28-12)22-18-24(2)19(26)23-20(27)25(18)11-13-3-5-15(21)6-4-13/h3-10H,11H2,1-2H3,(H,23,26,27)/b22-18+. The first-order chi connectivity index (χ1) is 13.4. The molecule has 7 nitrogen and oxygen atoms in total. The molecule has 0 unspecified atom stereocenters. The summed E-state index contributed by atoms with van der Waals surface area (Å²) in [6, 6.07) is 14.5. The summed E-state index contributed by atoms with van der Waals surface area (Å²) in [5.41, 5.74) is 1.40. The predicted octanol–water partition coefficient (Wildman–Crippen LogP) is 2.86. The summed E-state index contributed by atoms with van der Waals surface area (Å²) in [5, 5.41) is 1.51. The summed E-state index contributed by atoms with van der Waals surface area (Å²) in [6.07, 6.45) is 0. The zero-order chi connectivity index (χ0) is 19.8. The van der Waals surface area contributed by atoms with Crippen LogP contribution in [0.5, 0.6) is 0 Å². The van der Waals surface area contributed by atoms with Crippen molar-refractivity contribution in [2.24, 2.45) is 12.0 Å². The average Bonchev–Trinajstić information content (AvgIpc) is 3.03. The second kappa shape index (κ2) is 7.01. The molecule has 0 saturated carbocycles. The summed E-state index contributed by atoms with van der Waals surface area (Å²) in [6.45, 7) is 2.11. The Morgan fingerprint density at radius 2 is 1.82 bits per heavy atom. The van der Waals surface area contributed by atoms with E-state index in [2.05, 4.69) is 9.98 Å². The molecule has 1 N–H and O–H groups in total. The fraction of sp³-hybridized carbons (Fsp3) is 0.150. The molecule has 28 heavy (non-hydrogen) atoms. The lowest BCUT2D eigenvalue weighted by Gasteiger charge is -2.09. The number of halogens is 1. The Hall–Kier alpha value is -3.32. The number of hydrogen-bond acceptors (Lipinski definition) is 4. The minimum absolute atomic E-state index is 0.239. The Morgan fingerprint density at radius 1 is 1.07 bits per heavy atom. The van der Waals surface area contributed by atoms with E-state index in [1.54, 1.807) is 25.2 Å². The third-order valence-corrected chi connectivity index (χ3v) is 4.66. The SMILES string of the molecule is Cc1cc2cc(/N=c3\n(C)c(=O)[nH]c(=O)n3Cc3ccc(Cl)cc3)ccc2o1. The number of furan rings is 1. The van der Waals surface area contributed by atoms with Crippen LogP contribution in [0.2, 0.25) is 5.02 Å². The van der Waals surface area contributed by atoms with Gasteiger partial charge in [0.15, 0.2) is 0 Å². The van der Waals surface area contributed by atoms with Crippen molar-refractivity contribution in [3.8, 4) is 0 Å². The minimum Gasteiger partial charge on any atom is -0.461 e. The van der Waals surface area contributed by atoms with Gasteiger partial charge in [-0.25, -0.2) is 14.6 Å². The molecule has 0 amide bonds. The van der Waals surface area contributed by atoms with Crippen LogP contribution in [0.4, 0.5) is 5.69 Å². The molecule has 0 aliphatic heterocycles. The molecule has 0 saturated heterocycles. The number of hydrogen-bond donors (Lipinski definition) is 1. The van der Waals surface area contributed by atoms with Crippen LogP contribution in [-0.4, -0.2) is 14.1 Å². The zero-order valence-corrected chi connectivity index (χ0v) is 16.0. The molecular formula is C20H17ClN4O3. The number of aromatic amines is 1. The topological polar surface area (TPSA) is 85.3 Å². The second-order valence-corrected chi connectivity index (χ2v) is 6.93. The molecule has 0 atom stereocenters. The molecule has 0 aliphatic carbocycles. The van der Waals surface area contributed by atoms with E-state index in [9.17, 15) is 9.59 Å². The molecule has 0 bridgehead atoms. The van der Waals surface area contributed by atoms with Crippen LogP contribution < -0.4 is 17.0 Å². The van der Waals surface area contributed by atoms with E-state index in [-0.39, 0.29) is 12.2 Å². The normalized spacial score (nSPS) is 12.0. The van der Waals surface area contributed by atoms with Gasteiger partial charge in [0, 0.05) is 17.5 Å². The highest BCUT2D eigenvalue weighted by atomic mass is 35.5. The van der Waals surface area contributed by atoms with Gasteiger partial charge in [-0.15, -0.1) is 0 Å². The summed E-state index contributed by atoms with van der Waals surface area (Å²) in [5.74, 6) is 0.800. The number of nitrogens with zero attached hydrogens (tertiary/aromatic N) is 3. The third kappa shape index (κ3) is 3.44. The van der Waals surface area contributed by atoms with E-state index in [0.29, 0.717) is 10.7 Å². The second-order valence-electron chi connectivity index (χ2n) is 6.50. The van der Waals surface area contributed by atoms with Crippen molar-refractivity contribution < 1.29 is 4.42 Å². The van der Waals surface area contributed by atoms with Crippen LogP contribution in [0, 0.1) is 6.92 Å². The molecule has 142 valence electrons. The smallest absolute Gasteiger partial charge is 0.332 e. The monoisotopic (exact) mass is 396 g/mol. The quantitative estimate of drug-likeness (QED) is 0.577. The number of H-pyrrole nitrogens is 1. The van der Waals surface area contributed by atoms with Crippen molar-refractivity contribution in [3.63, 3.8) is 0 Å². The van der Waals surface area contributed by atoms with Gasteiger partial charge in [0.05, 0.1) is 12.2 Å². The van der Waals surface area contributed by atoms with Crippen molar-refractivity contribution in [3.05, 3.63) is 91.5 Å². The van der Waals surface area contributed by atoms with E-state index in [4.69, 9.17) is 16.0 Å². The molecule has 2 aromatic carbocycles. The largest absolute Gasteiger partial charge is 0.461 e. The van der Waals surface area contributed by atoms with Gasteiger partial charge >= 0.3 is 11.4 Å². The fourth-order valence-corrected chi connectivity index (χ4v) is 3.13. The lowest BCUT2D eigenvalue weighted by atomic mass is 10.2. The van der Waals surface area contributed by atoms with Crippen molar-refractivity contribution in [1.29, 1.82) is 0 Å². The molecule has 4 rings (SSSR count). The first-order valence-electron chi connectivity index (χ1n) is 8.60. The van der Waals surface area contributed by atoms with Gasteiger partial charge in [0.25, 0.3) is 0 Å². The molecule has 0 fully saturated rings. The van der Waals surface area contributed by atoms with E-state index in [0.717, 1.165) is 22.3 Å². The lowest BCUT2D eigenvalue weighted by molar-refractivity contribution is 0.570. The number of fused-ring (bicyclic) bond motifs is 1. The molecular weight excluding hydrogens is 380 g/mol. The Morgan fingerprint density at radius 3 is 2.57 bits per heavy atom. The lowest BCUT2D eigenvalue weighted by Crippen LogP contribution is -2.49. The van der Waals surface area contributed by atoms with Crippen LogP contribution >= 0.6 is 11.6 Å². The number of aromatic nitrogens is 3. The van der Waals surface area contributed by atoms with Crippen molar-refractivity contribution in [2.75, 3.05) is 0 Å². The van der Waals surface area contributed by atoms with Crippen LogP contribution in [0.3, 0.4) is 0 Å². The average molecular weight is 397 g/mol. The highest BCUT2D eigenvalue weighted by Crippen LogP contribution is 2.23. The molecule has 0 radical (unpaired) electrons. The van der Waals surface area contributed by atoms with E-state index in [1.807, 2.05) is 37.3 Å². The molecule has 0 aliphatic rings. The number of benzene rings is 2.